The number of carbonyl (C=O) groups is 2. The van der Waals surface area contributed by atoms with Crippen LogP contribution >= 0.6 is 0 Å². The Hall–Kier alpha value is -1.30. The van der Waals surface area contributed by atoms with Crippen LogP contribution in [0.4, 0.5) is 4.79 Å². The standard InChI is InChI=1S/C17H30N2O4/c1-5-22-15(20)12-18-8-6-7-13(9-18)14-10-19(11-14)16(21)23-17(2,3)4/h13-14H,5-12H2,1-4H3/t13-/m0/s1. The number of piperidine rings is 1. The first-order chi connectivity index (χ1) is 10.8. The molecule has 23 heavy (non-hydrogen) atoms. The van der Waals surface area contributed by atoms with E-state index in [1.165, 1.54) is 6.42 Å². The first-order valence-electron chi connectivity index (χ1n) is 8.64. The van der Waals surface area contributed by atoms with Crippen molar-refractivity contribution in [3.05, 3.63) is 0 Å². The quantitative estimate of drug-likeness (QED) is 0.741. The third-order valence-corrected chi connectivity index (χ3v) is 4.43. The van der Waals surface area contributed by atoms with E-state index >= 15 is 0 Å². The summed E-state index contributed by atoms with van der Waals surface area (Å²) in [6.07, 6.45) is 2.06. The Morgan fingerprint density at radius 3 is 2.43 bits per heavy atom. The van der Waals surface area contributed by atoms with E-state index in [1.54, 1.807) is 4.90 Å². The SMILES string of the molecule is CCOC(=O)CN1CCC[C@H](C2CN(C(=O)OC(C)(C)C)C2)C1. The Morgan fingerprint density at radius 1 is 1.13 bits per heavy atom. The molecule has 0 aromatic carbocycles. The predicted molar refractivity (Wildman–Crippen MR) is 87.1 cm³/mol. The van der Waals surface area contributed by atoms with Gasteiger partial charge in [0.25, 0.3) is 0 Å². The number of likely N-dealkylation sites (tertiary alicyclic amines) is 2. The van der Waals surface area contributed by atoms with Crippen LogP contribution in [-0.4, -0.2) is 66.8 Å². The molecule has 2 aliphatic heterocycles. The van der Waals surface area contributed by atoms with E-state index in [9.17, 15) is 9.59 Å². The van der Waals surface area contributed by atoms with E-state index in [-0.39, 0.29) is 12.1 Å². The molecule has 2 rings (SSSR count). The zero-order chi connectivity index (χ0) is 17.0. The summed E-state index contributed by atoms with van der Waals surface area (Å²) < 4.78 is 10.4. The predicted octanol–water partition coefficient (Wildman–Crippen LogP) is 2.13. The summed E-state index contributed by atoms with van der Waals surface area (Å²) in [5.41, 5.74) is -0.441. The Balaban J connectivity index is 1.74. The summed E-state index contributed by atoms with van der Waals surface area (Å²) >= 11 is 0. The number of carbonyl (C=O) groups excluding carboxylic acids is 2. The molecular formula is C17H30N2O4. The lowest BCUT2D eigenvalue weighted by Gasteiger charge is -2.46. The second-order valence-corrected chi connectivity index (χ2v) is 7.59. The van der Waals surface area contributed by atoms with Crippen LogP contribution in [0.5, 0.6) is 0 Å². The van der Waals surface area contributed by atoms with Crippen LogP contribution in [0.2, 0.25) is 0 Å². The van der Waals surface area contributed by atoms with Gasteiger partial charge in [-0.05, 0) is 58.9 Å². The monoisotopic (exact) mass is 326 g/mol. The van der Waals surface area contributed by atoms with Crippen molar-refractivity contribution in [2.24, 2.45) is 11.8 Å². The smallest absolute Gasteiger partial charge is 0.410 e. The van der Waals surface area contributed by atoms with Crippen LogP contribution in [0.1, 0.15) is 40.5 Å². The molecular weight excluding hydrogens is 296 g/mol. The highest BCUT2D eigenvalue weighted by Crippen LogP contribution is 2.31. The van der Waals surface area contributed by atoms with Crippen molar-refractivity contribution < 1.29 is 19.1 Å². The second kappa shape index (κ2) is 7.51. The molecule has 1 atom stereocenters. The van der Waals surface area contributed by atoms with Crippen molar-refractivity contribution in [1.82, 2.24) is 9.80 Å². The van der Waals surface area contributed by atoms with Gasteiger partial charge in [-0.15, -0.1) is 0 Å². The highest BCUT2D eigenvalue weighted by atomic mass is 16.6. The summed E-state index contributed by atoms with van der Waals surface area (Å²) in [7, 11) is 0. The first kappa shape index (κ1) is 18.0. The third-order valence-electron chi connectivity index (χ3n) is 4.43. The first-order valence-corrected chi connectivity index (χ1v) is 8.64. The molecule has 2 saturated heterocycles. The molecule has 0 aromatic rings. The van der Waals surface area contributed by atoms with Gasteiger partial charge in [0.1, 0.15) is 5.60 Å². The summed E-state index contributed by atoms with van der Waals surface area (Å²) in [6.45, 7) is 11.7. The van der Waals surface area contributed by atoms with Crippen molar-refractivity contribution in [2.45, 2.75) is 46.1 Å². The minimum absolute atomic E-state index is 0.142. The lowest BCUT2D eigenvalue weighted by molar-refractivity contribution is -0.145. The largest absolute Gasteiger partial charge is 0.465 e. The van der Waals surface area contributed by atoms with Gasteiger partial charge >= 0.3 is 12.1 Å². The maximum atomic E-state index is 12.0. The normalized spacial score (nSPS) is 23.3. The highest BCUT2D eigenvalue weighted by Gasteiger charge is 2.39. The van der Waals surface area contributed by atoms with Gasteiger partial charge in [-0.25, -0.2) is 4.79 Å². The van der Waals surface area contributed by atoms with Crippen molar-refractivity contribution >= 4 is 12.1 Å². The molecule has 0 spiro atoms. The molecule has 0 N–H and O–H groups in total. The van der Waals surface area contributed by atoms with E-state index < -0.39 is 5.60 Å². The number of ether oxygens (including phenoxy) is 2. The molecule has 2 fully saturated rings. The highest BCUT2D eigenvalue weighted by molar-refractivity contribution is 5.71. The van der Waals surface area contributed by atoms with Gasteiger partial charge in [-0.2, -0.15) is 0 Å². The Kier molecular flexibility index (Phi) is 5.89. The van der Waals surface area contributed by atoms with E-state index in [4.69, 9.17) is 9.47 Å². The van der Waals surface area contributed by atoms with Crippen LogP contribution in [0, 0.1) is 11.8 Å². The minimum Gasteiger partial charge on any atom is -0.465 e. The number of hydrogen-bond donors (Lipinski definition) is 0. The van der Waals surface area contributed by atoms with Gasteiger partial charge in [-0.1, -0.05) is 0 Å². The fraction of sp³-hybridized carbons (Fsp3) is 0.882. The maximum Gasteiger partial charge on any atom is 0.410 e. The molecule has 0 saturated carbocycles. The van der Waals surface area contributed by atoms with Crippen molar-refractivity contribution in [1.29, 1.82) is 0 Å². The summed E-state index contributed by atoms with van der Waals surface area (Å²) in [5, 5.41) is 0. The van der Waals surface area contributed by atoms with Gasteiger partial charge in [0.2, 0.25) is 0 Å². The maximum absolute atomic E-state index is 12.0. The number of esters is 1. The molecule has 0 unspecified atom stereocenters. The van der Waals surface area contributed by atoms with Crippen LogP contribution < -0.4 is 0 Å². The average Bonchev–Trinajstić information content (AvgIpc) is 2.35. The summed E-state index contributed by atoms with van der Waals surface area (Å²) in [4.78, 5) is 27.6. The van der Waals surface area contributed by atoms with Crippen molar-refractivity contribution in [3.63, 3.8) is 0 Å². The number of amides is 1. The topological polar surface area (TPSA) is 59.1 Å². The number of hydrogen-bond acceptors (Lipinski definition) is 5. The molecule has 6 nitrogen and oxygen atoms in total. The van der Waals surface area contributed by atoms with Gasteiger partial charge in [0.05, 0.1) is 13.2 Å². The van der Waals surface area contributed by atoms with Gasteiger partial charge in [0, 0.05) is 19.6 Å². The van der Waals surface area contributed by atoms with Crippen LogP contribution in [0.3, 0.4) is 0 Å². The average molecular weight is 326 g/mol. The molecule has 6 heteroatoms. The Bertz CT molecular complexity index is 427. The number of rotatable bonds is 4. The van der Waals surface area contributed by atoms with Crippen molar-refractivity contribution in [2.75, 3.05) is 39.3 Å². The fourth-order valence-electron chi connectivity index (χ4n) is 3.30. The third kappa shape index (κ3) is 5.37. The zero-order valence-corrected chi connectivity index (χ0v) is 14.8. The Labute approximate surface area is 139 Å². The number of nitrogens with zero attached hydrogens (tertiary/aromatic N) is 2. The molecule has 0 bridgehead atoms. The van der Waals surface area contributed by atoms with Crippen LogP contribution in [-0.2, 0) is 14.3 Å². The van der Waals surface area contributed by atoms with Crippen LogP contribution in [0.15, 0.2) is 0 Å². The molecule has 0 aliphatic carbocycles. The van der Waals surface area contributed by atoms with E-state index in [1.807, 2.05) is 27.7 Å². The second-order valence-electron chi connectivity index (χ2n) is 7.59. The molecule has 2 aliphatic rings. The lowest BCUT2D eigenvalue weighted by Crippen LogP contribution is -2.56. The lowest BCUT2D eigenvalue weighted by atomic mass is 9.81. The molecule has 2 heterocycles. The molecule has 132 valence electrons. The van der Waals surface area contributed by atoms with Gasteiger partial charge in [0.15, 0.2) is 0 Å². The van der Waals surface area contributed by atoms with Crippen LogP contribution in [0.25, 0.3) is 0 Å². The van der Waals surface area contributed by atoms with Gasteiger partial charge in [-0.3, -0.25) is 9.69 Å². The Morgan fingerprint density at radius 2 is 1.83 bits per heavy atom. The van der Waals surface area contributed by atoms with E-state index in [0.29, 0.717) is 25.0 Å². The zero-order valence-electron chi connectivity index (χ0n) is 14.8. The fourth-order valence-corrected chi connectivity index (χ4v) is 3.30. The van der Waals surface area contributed by atoms with Crippen molar-refractivity contribution in [3.8, 4) is 0 Å². The molecule has 0 radical (unpaired) electrons. The summed E-state index contributed by atoms with van der Waals surface area (Å²) in [5.74, 6) is 0.932. The summed E-state index contributed by atoms with van der Waals surface area (Å²) in [6, 6.07) is 0. The van der Waals surface area contributed by atoms with E-state index in [0.717, 1.165) is 32.6 Å². The van der Waals surface area contributed by atoms with E-state index in [2.05, 4.69) is 4.90 Å². The minimum atomic E-state index is -0.441. The molecule has 1 amide bonds. The molecule has 0 aromatic heterocycles. The van der Waals surface area contributed by atoms with Gasteiger partial charge < -0.3 is 14.4 Å².